The minimum absolute atomic E-state index is 0.266. The van der Waals surface area contributed by atoms with Crippen LogP contribution in [-0.4, -0.2) is 35.8 Å². The van der Waals surface area contributed by atoms with E-state index in [9.17, 15) is 10.1 Å². The third-order valence-electron chi connectivity index (χ3n) is 3.39. The normalized spacial score (nSPS) is 22.2. The van der Waals surface area contributed by atoms with E-state index in [0.717, 1.165) is 11.3 Å². The molecule has 0 fully saturated rings. The average molecular weight is 271 g/mol. The van der Waals surface area contributed by atoms with Gasteiger partial charge in [0, 0.05) is 17.2 Å². The Morgan fingerprint density at radius 2 is 2.05 bits per heavy atom. The summed E-state index contributed by atoms with van der Waals surface area (Å²) in [6, 6.07) is 9.74. The Bertz CT molecular complexity index is 576. The first-order valence-corrected chi connectivity index (χ1v) is 6.35. The van der Waals surface area contributed by atoms with Gasteiger partial charge in [-0.05, 0) is 31.8 Å². The molecule has 5 heteroatoms. The van der Waals surface area contributed by atoms with Crippen LogP contribution in [0.15, 0.2) is 59.2 Å². The number of nitrogens with zero attached hydrogens (tertiary/aromatic N) is 3. The number of aliphatic imine (C=N–C) groups is 1. The minimum atomic E-state index is -1.16. The molecule has 0 aromatic heterocycles. The van der Waals surface area contributed by atoms with Gasteiger partial charge in [0.05, 0.1) is 12.1 Å². The first-order valence-electron chi connectivity index (χ1n) is 6.35. The van der Waals surface area contributed by atoms with Gasteiger partial charge < -0.3 is 0 Å². The fraction of sp³-hybridized carbons (Fsp3) is 0.267. The summed E-state index contributed by atoms with van der Waals surface area (Å²) in [7, 11) is 3.42. The summed E-state index contributed by atoms with van der Waals surface area (Å²) in [6.07, 6.45) is 7.16. The molecule has 0 saturated carbocycles. The van der Waals surface area contributed by atoms with Crippen LogP contribution in [0.1, 0.15) is 12.0 Å². The van der Waals surface area contributed by atoms with Crippen molar-refractivity contribution in [2.24, 2.45) is 4.99 Å². The van der Waals surface area contributed by atoms with E-state index >= 15 is 0 Å². The van der Waals surface area contributed by atoms with E-state index in [0.29, 0.717) is 6.42 Å². The second-order valence-corrected chi connectivity index (χ2v) is 4.87. The average Bonchev–Trinajstić information content (AvgIpc) is 2.46. The van der Waals surface area contributed by atoms with Crippen LogP contribution in [0.25, 0.3) is 0 Å². The van der Waals surface area contributed by atoms with Gasteiger partial charge in [-0.25, -0.2) is 4.90 Å². The van der Waals surface area contributed by atoms with Crippen molar-refractivity contribution < 1.29 is 4.92 Å². The van der Waals surface area contributed by atoms with Crippen molar-refractivity contribution in [1.82, 2.24) is 4.90 Å². The highest BCUT2D eigenvalue weighted by molar-refractivity contribution is 5.80. The molecule has 0 aliphatic heterocycles. The first-order chi connectivity index (χ1) is 9.54. The number of nitro groups is 1. The second-order valence-electron chi connectivity index (χ2n) is 4.87. The van der Waals surface area contributed by atoms with Crippen LogP contribution < -0.4 is 0 Å². The topological polar surface area (TPSA) is 58.7 Å². The molecule has 1 aliphatic rings. The maximum atomic E-state index is 11.2. The molecule has 1 unspecified atom stereocenters. The van der Waals surface area contributed by atoms with Crippen LogP contribution in [-0.2, 0) is 0 Å². The van der Waals surface area contributed by atoms with Crippen LogP contribution in [0.3, 0.4) is 0 Å². The zero-order valence-corrected chi connectivity index (χ0v) is 11.6. The molecule has 1 atom stereocenters. The second kappa shape index (κ2) is 5.79. The van der Waals surface area contributed by atoms with E-state index in [1.165, 1.54) is 0 Å². The van der Waals surface area contributed by atoms with Crippen molar-refractivity contribution in [2.75, 3.05) is 14.1 Å². The van der Waals surface area contributed by atoms with Gasteiger partial charge in [0.1, 0.15) is 0 Å². The smallest absolute Gasteiger partial charge is 0.262 e. The highest BCUT2D eigenvalue weighted by Crippen LogP contribution is 2.26. The molecule has 1 aromatic carbocycles. The lowest BCUT2D eigenvalue weighted by Gasteiger charge is -2.29. The van der Waals surface area contributed by atoms with Gasteiger partial charge in [-0.2, -0.15) is 0 Å². The van der Waals surface area contributed by atoms with Crippen molar-refractivity contribution in [3.05, 3.63) is 69.9 Å². The molecule has 0 amide bonds. The Labute approximate surface area is 118 Å². The van der Waals surface area contributed by atoms with Gasteiger partial charge in [-0.15, -0.1) is 0 Å². The van der Waals surface area contributed by atoms with E-state index in [2.05, 4.69) is 4.99 Å². The van der Waals surface area contributed by atoms with Gasteiger partial charge in [0.2, 0.25) is 0 Å². The minimum Gasteiger partial charge on any atom is -0.262 e. The van der Waals surface area contributed by atoms with Gasteiger partial charge >= 0.3 is 0 Å². The molecule has 20 heavy (non-hydrogen) atoms. The third-order valence-corrected chi connectivity index (χ3v) is 3.39. The molecular formula is C15H17N3O2. The molecule has 0 radical (unpaired) electrons. The summed E-state index contributed by atoms with van der Waals surface area (Å²) >= 11 is 0. The van der Waals surface area contributed by atoms with Gasteiger partial charge in [-0.1, -0.05) is 30.3 Å². The fourth-order valence-corrected chi connectivity index (χ4v) is 2.02. The molecule has 2 rings (SSSR count). The summed E-state index contributed by atoms with van der Waals surface area (Å²) < 4.78 is 0. The van der Waals surface area contributed by atoms with Gasteiger partial charge in [0.25, 0.3) is 5.66 Å². The maximum absolute atomic E-state index is 11.2. The van der Waals surface area contributed by atoms with Crippen LogP contribution >= 0.6 is 0 Å². The van der Waals surface area contributed by atoms with E-state index < -0.39 is 5.66 Å². The lowest BCUT2D eigenvalue weighted by Crippen LogP contribution is -2.49. The molecule has 1 aliphatic carbocycles. The summed E-state index contributed by atoms with van der Waals surface area (Å²) in [5.74, 6) is 0. The quantitative estimate of drug-likeness (QED) is 0.366. The van der Waals surface area contributed by atoms with Crippen LogP contribution in [0, 0.1) is 10.1 Å². The number of likely N-dealkylation sites (N-methyl/N-ethyl adjacent to an activating group) is 1. The monoisotopic (exact) mass is 271 g/mol. The SMILES string of the molecule is CN(C)C1([N+](=O)[O-])C=CC(N=Cc2ccccc2)=CC1. The van der Waals surface area contributed by atoms with Crippen molar-refractivity contribution in [2.45, 2.75) is 12.1 Å². The van der Waals surface area contributed by atoms with Gasteiger partial charge in [0.15, 0.2) is 0 Å². The Kier molecular flexibility index (Phi) is 4.10. The van der Waals surface area contributed by atoms with E-state index in [-0.39, 0.29) is 4.92 Å². The van der Waals surface area contributed by atoms with Crippen molar-refractivity contribution >= 4 is 6.21 Å². The highest BCUT2D eigenvalue weighted by atomic mass is 16.6. The molecule has 0 N–H and O–H groups in total. The molecule has 0 saturated heterocycles. The predicted octanol–water partition coefficient (Wildman–Crippen LogP) is 2.48. The lowest BCUT2D eigenvalue weighted by atomic mass is 9.99. The van der Waals surface area contributed by atoms with E-state index in [4.69, 9.17) is 0 Å². The van der Waals surface area contributed by atoms with Crippen molar-refractivity contribution in [3.63, 3.8) is 0 Å². The molecule has 0 spiro atoms. The first kappa shape index (κ1) is 14.1. The number of allylic oxidation sites excluding steroid dienone is 1. The summed E-state index contributed by atoms with van der Waals surface area (Å²) in [6.45, 7) is 0. The molecule has 0 heterocycles. The Hall–Kier alpha value is -2.27. The Balaban J connectivity index is 2.13. The number of hydrogen-bond donors (Lipinski definition) is 0. The largest absolute Gasteiger partial charge is 0.299 e. The zero-order valence-electron chi connectivity index (χ0n) is 11.6. The molecule has 0 bridgehead atoms. The van der Waals surface area contributed by atoms with Crippen LogP contribution in [0.2, 0.25) is 0 Å². The summed E-state index contributed by atoms with van der Waals surface area (Å²) in [5.41, 5.74) is 0.583. The summed E-state index contributed by atoms with van der Waals surface area (Å²) in [5, 5.41) is 11.2. The van der Waals surface area contributed by atoms with Crippen LogP contribution in [0.5, 0.6) is 0 Å². The standard InChI is InChI=1S/C15H17N3O2/c1-17(2)15(18(19)20)10-8-14(9-11-15)16-12-13-6-4-3-5-7-13/h3-10,12H,11H2,1-2H3. The number of hydrogen-bond acceptors (Lipinski definition) is 4. The summed E-state index contributed by atoms with van der Waals surface area (Å²) in [4.78, 5) is 16.9. The molecule has 5 nitrogen and oxygen atoms in total. The fourth-order valence-electron chi connectivity index (χ4n) is 2.02. The highest BCUT2D eigenvalue weighted by Gasteiger charge is 2.43. The Morgan fingerprint density at radius 1 is 1.35 bits per heavy atom. The van der Waals surface area contributed by atoms with Crippen LogP contribution in [0.4, 0.5) is 0 Å². The third kappa shape index (κ3) is 2.83. The molecule has 104 valence electrons. The maximum Gasteiger partial charge on any atom is 0.299 e. The number of rotatable bonds is 4. The predicted molar refractivity (Wildman–Crippen MR) is 79.3 cm³/mol. The van der Waals surface area contributed by atoms with Gasteiger partial charge in [-0.3, -0.25) is 15.1 Å². The number of benzene rings is 1. The lowest BCUT2D eigenvalue weighted by molar-refractivity contribution is -0.582. The van der Waals surface area contributed by atoms with Crippen molar-refractivity contribution in [3.8, 4) is 0 Å². The van der Waals surface area contributed by atoms with Crippen molar-refractivity contribution in [1.29, 1.82) is 0 Å². The van der Waals surface area contributed by atoms with E-state index in [1.54, 1.807) is 43.4 Å². The van der Waals surface area contributed by atoms with E-state index in [1.807, 2.05) is 30.3 Å². The molecular weight excluding hydrogens is 254 g/mol. The zero-order chi connectivity index (χ0) is 14.6. The molecule has 1 aromatic rings. The Morgan fingerprint density at radius 3 is 2.55 bits per heavy atom.